The number of nitrogens with two attached hydrogens (primary N) is 1. The Bertz CT molecular complexity index is 439. The molecule has 13 heavy (non-hydrogen) atoms. The predicted octanol–water partition coefficient (Wildman–Crippen LogP) is 2.08. The predicted molar refractivity (Wildman–Crippen MR) is 49.8 cm³/mol. The molecule has 2 rings (SSSR count). The number of rotatable bonds is 1. The first kappa shape index (κ1) is 8.74. The summed E-state index contributed by atoms with van der Waals surface area (Å²) < 4.78 is 5.26. The third-order valence-corrected chi connectivity index (χ3v) is 2.73. The second kappa shape index (κ2) is 3.13. The second-order valence-corrected chi connectivity index (χ2v) is 3.97. The molecule has 5 nitrogen and oxygen atoms in total. The van der Waals surface area contributed by atoms with E-state index in [1.165, 1.54) is 0 Å². The number of hydrogen-bond acceptors (Lipinski definition) is 6. The molecule has 0 radical (unpaired) electrons. The van der Waals surface area contributed by atoms with Crippen LogP contribution in [0.5, 0.6) is 0 Å². The van der Waals surface area contributed by atoms with Gasteiger partial charge in [-0.25, -0.2) is 4.98 Å². The SMILES string of the molecule is Nc1nnc(-c2sc(Cl)nc2Cl)o1. The van der Waals surface area contributed by atoms with Gasteiger partial charge in [0.15, 0.2) is 9.62 Å². The molecule has 0 spiro atoms. The minimum absolute atomic E-state index is 0.0180. The Morgan fingerprint density at radius 1 is 1.31 bits per heavy atom. The average Bonchev–Trinajstić information content (AvgIpc) is 2.58. The largest absolute Gasteiger partial charge is 0.403 e. The maximum atomic E-state index is 5.74. The van der Waals surface area contributed by atoms with Crippen molar-refractivity contribution in [2.45, 2.75) is 0 Å². The third kappa shape index (κ3) is 1.60. The maximum absolute atomic E-state index is 5.74. The zero-order valence-corrected chi connectivity index (χ0v) is 8.32. The van der Waals surface area contributed by atoms with Crippen LogP contribution in [0.1, 0.15) is 0 Å². The van der Waals surface area contributed by atoms with E-state index >= 15 is 0 Å². The van der Waals surface area contributed by atoms with Gasteiger partial charge in [0, 0.05) is 0 Å². The van der Waals surface area contributed by atoms with E-state index in [0.717, 1.165) is 11.3 Å². The summed E-state index contributed by atoms with van der Waals surface area (Å²) in [5.74, 6) is 0.229. The number of anilines is 1. The molecular formula is C5H2Cl2N4OS. The molecule has 2 aromatic rings. The van der Waals surface area contributed by atoms with Crippen LogP contribution in [0.4, 0.5) is 6.01 Å². The molecular weight excluding hydrogens is 235 g/mol. The van der Waals surface area contributed by atoms with E-state index in [1.54, 1.807) is 0 Å². The lowest BCUT2D eigenvalue weighted by molar-refractivity contribution is 0.591. The van der Waals surface area contributed by atoms with Gasteiger partial charge in [0.25, 0.3) is 5.89 Å². The Labute approximate surface area is 86.5 Å². The fourth-order valence-corrected chi connectivity index (χ4v) is 2.03. The van der Waals surface area contributed by atoms with Crippen molar-refractivity contribution < 1.29 is 4.42 Å². The summed E-state index contributed by atoms with van der Waals surface area (Å²) in [6.07, 6.45) is 0. The number of aromatic nitrogens is 3. The number of nitrogen functional groups attached to an aromatic ring is 1. The molecule has 0 atom stereocenters. The standard InChI is InChI=1S/C5H2Cl2N4OS/c6-2-1(13-4(7)9-2)3-10-11-5(8)12-3/h(H2,8,11). The molecule has 0 amide bonds. The van der Waals surface area contributed by atoms with Crippen LogP contribution >= 0.6 is 34.5 Å². The first-order valence-electron chi connectivity index (χ1n) is 3.08. The normalized spacial score (nSPS) is 10.6. The zero-order valence-electron chi connectivity index (χ0n) is 5.99. The van der Waals surface area contributed by atoms with Gasteiger partial charge < -0.3 is 10.2 Å². The van der Waals surface area contributed by atoms with Crippen LogP contribution in [0.3, 0.4) is 0 Å². The highest BCUT2D eigenvalue weighted by Crippen LogP contribution is 2.34. The number of thiazole rings is 1. The van der Waals surface area contributed by atoms with E-state index in [2.05, 4.69) is 15.2 Å². The monoisotopic (exact) mass is 236 g/mol. The van der Waals surface area contributed by atoms with Crippen LogP contribution in [0.25, 0.3) is 10.8 Å². The first-order chi connectivity index (χ1) is 6.16. The van der Waals surface area contributed by atoms with E-state index < -0.39 is 0 Å². The molecule has 0 bridgehead atoms. The molecule has 0 saturated heterocycles. The van der Waals surface area contributed by atoms with Crippen LogP contribution < -0.4 is 5.73 Å². The van der Waals surface area contributed by atoms with Crippen molar-refractivity contribution in [3.05, 3.63) is 9.62 Å². The van der Waals surface area contributed by atoms with Gasteiger partial charge in [-0.1, -0.05) is 39.6 Å². The smallest absolute Gasteiger partial charge is 0.313 e. The Hall–Kier alpha value is -0.850. The topological polar surface area (TPSA) is 77.8 Å². The van der Waals surface area contributed by atoms with Gasteiger partial charge in [-0.2, -0.15) is 0 Å². The summed E-state index contributed by atoms with van der Waals surface area (Å²) in [6.45, 7) is 0. The lowest BCUT2D eigenvalue weighted by Gasteiger charge is -1.85. The van der Waals surface area contributed by atoms with E-state index in [0.29, 0.717) is 9.34 Å². The van der Waals surface area contributed by atoms with Crippen LogP contribution in [-0.2, 0) is 0 Å². The Morgan fingerprint density at radius 3 is 2.54 bits per heavy atom. The molecule has 0 aliphatic carbocycles. The third-order valence-electron chi connectivity index (χ3n) is 1.19. The molecule has 0 unspecified atom stereocenters. The fraction of sp³-hybridized carbons (Fsp3) is 0. The van der Waals surface area contributed by atoms with E-state index in [-0.39, 0.29) is 17.1 Å². The van der Waals surface area contributed by atoms with Crippen molar-refractivity contribution in [1.29, 1.82) is 0 Å². The van der Waals surface area contributed by atoms with Crippen LogP contribution in [-0.4, -0.2) is 15.2 Å². The number of nitrogens with zero attached hydrogens (tertiary/aromatic N) is 3. The molecule has 0 saturated carbocycles. The van der Waals surface area contributed by atoms with Crippen molar-refractivity contribution in [2.75, 3.05) is 5.73 Å². The van der Waals surface area contributed by atoms with E-state index in [9.17, 15) is 0 Å². The van der Waals surface area contributed by atoms with Gasteiger partial charge in [-0.3, -0.25) is 0 Å². The molecule has 0 aromatic carbocycles. The Morgan fingerprint density at radius 2 is 2.08 bits per heavy atom. The summed E-state index contributed by atoms with van der Waals surface area (Å²) in [5, 5.41) is 7.36. The molecule has 2 aromatic heterocycles. The molecule has 2 heterocycles. The highest BCUT2D eigenvalue weighted by Gasteiger charge is 2.15. The summed E-state index contributed by atoms with van der Waals surface area (Å²) in [4.78, 5) is 4.30. The highest BCUT2D eigenvalue weighted by atomic mass is 35.5. The van der Waals surface area contributed by atoms with Crippen LogP contribution in [0.15, 0.2) is 4.42 Å². The van der Waals surface area contributed by atoms with Gasteiger partial charge >= 0.3 is 6.01 Å². The number of halogens is 2. The fourth-order valence-electron chi connectivity index (χ4n) is 0.735. The van der Waals surface area contributed by atoms with Gasteiger partial charge in [-0.15, -0.1) is 5.10 Å². The molecule has 8 heteroatoms. The number of hydrogen-bond donors (Lipinski definition) is 1. The quantitative estimate of drug-likeness (QED) is 0.821. The first-order valence-corrected chi connectivity index (χ1v) is 4.65. The zero-order chi connectivity index (χ0) is 9.42. The van der Waals surface area contributed by atoms with Crippen molar-refractivity contribution in [3.8, 4) is 10.8 Å². The average molecular weight is 237 g/mol. The molecule has 0 aliphatic rings. The van der Waals surface area contributed by atoms with Crippen molar-refractivity contribution >= 4 is 40.6 Å². The van der Waals surface area contributed by atoms with Crippen molar-refractivity contribution in [2.24, 2.45) is 0 Å². The second-order valence-electron chi connectivity index (χ2n) is 2.03. The van der Waals surface area contributed by atoms with Gasteiger partial charge in [0.05, 0.1) is 0 Å². The minimum Gasteiger partial charge on any atom is -0.403 e. The summed E-state index contributed by atoms with van der Waals surface area (Å²) >= 11 is 12.5. The Balaban J connectivity index is 2.51. The van der Waals surface area contributed by atoms with Crippen molar-refractivity contribution in [1.82, 2.24) is 15.2 Å². The van der Waals surface area contributed by atoms with E-state index in [1.807, 2.05) is 0 Å². The van der Waals surface area contributed by atoms with Crippen LogP contribution in [0.2, 0.25) is 9.62 Å². The van der Waals surface area contributed by atoms with Crippen molar-refractivity contribution in [3.63, 3.8) is 0 Å². The van der Waals surface area contributed by atoms with Gasteiger partial charge in [0.1, 0.15) is 4.88 Å². The van der Waals surface area contributed by atoms with Crippen LogP contribution in [0, 0.1) is 0 Å². The minimum atomic E-state index is -0.0180. The highest BCUT2D eigenvalue weighted by molar-refractivity contribution is 7.19. The summed E-state index contributed by atoms with van der Waals surface area (Å²) in [7, 11) is 0. The lowest BCUT2D eigenvalue weighted by atomic mass is 10.5. The Kier molecular flexibility index (Phi) is 2.10. The van der Waals surface area contributed by atoms with Gasteiger partial charge in [-0.05, 0) is 0 Å². The molecule has 2 N–H and O–H groups in total. The summed E-state index contributed by atoms with van der Waals surface area (Å²) in [6, 6.07) is -0.0180. The molecule has 0 fully saturated rings. The lowest BCUT2D eigenvalue weighted by Crippen LogP contribution is -1.81. The maximum Gasteiger partial charge on any atom is 0.313 e. The van der Waals surface area contributed by atoms with Gasteiger partial charge in [0.2, 0.25) is 0 Å². The molecule has 68 valence electrons. The summed E-state index contributed by atoms with van der Waals surface area (Å²) in [5.41, 5.74) is 5.24. The molecule has 0 aliphatic heterocycles. The van der Waals surface area contributed by atoms with E-state index in [4.69, 9.17) is 33.4 Å².